The van der Waals surface area contributed by atoms with Crippen LogP contribution >= 0.6 is 11.3 Å². The molecule has 2 nitrogen and oxygen atoms in total. The monoisotopic (exact) mass is 221 g/mol. The Bertz CT molecular complexity index is 345. The van der Waals surface area contributed by atoms with Gasteiger partial charge in [0.05, 0.1) is 0 Å². The number of carbonyl (C=O) groups is 1. The topological polar surface area (TPSA) is 20.3 Å². The fourth-order valence-electron chi connectivity index (χ4n) is 1.88. The molecule has 1 saturated heterocycles. The minimum Gasteiger partial charge on any atom is -0.342 e. The highest BCUT2D eigenvalue weighted by Crippen LogP contribution is 2.19. The molecule has 1 unspecified atom stereocenters. The number of amides is 1. The van der Waals surface area contributed by atoms with E-state index in [-0.39, 0.29) is 5.91 Å². The summed E-state index contributed by atoms with van der Waals surface area (Å²) in [5.74, 6) is 0.636. The van der Waals surface area contributed by atoms with Gasteiger partial charge in [0.15, 0.2) is 0 Å². The molecule has 0 N–H and O–H groups in total. The third kappa shape index (κ3) is 2.48. The predicted octanol–water partition coefficient (Wildman–Crippen LogP) is 2.33. The summed E-state index contributed by atoms with van der Waals surface area (Å²) in [6, 6.07) is 4.18. The molecule has 1 aliphatic rings. The van der Waals surface area contributed by atoms with Crippen LogP contribution in [0.3, 0.4) is 0 Å². The third-order valence-corrected chi connectivity index (χ3v) is 3.72. The minimum absolute atomic E-state index is 0.274. The van der Waals surface area contributed by atoms with Crippen molar-refractivity contribution >= 4 is 17.2 Å². The van der Waals surface area contributed by atoms with Crippen LogP contribution in [0.5, 0.6) is 0 Å². The van der Waals surface area contributed by atoms with Crippen LogP contribution in [0.2, 0.25) is 0 Å². The highest BCUT2D eigenvalue weighted by Gasteiger charge is 2.26. The molecule has 1 fully saturated rings. The van der Waals surface area contributed by atoms with E-state index in [1.807, 2.05) is 11.0 Å². The summed E-state index contributed by atoms with van der Waals surface area (Å²) in [6.45, 7) is 5.45. The van der Waals surface area contributed by atoms with Gasteiger partial charge in [-0.25, -0.2) is 0 Å². The molecule has 0 spiro atoms. The third-order valence-electron chi connectivity index (χ3n) is 2.79. The van der Waals surface area contributed by atoms with Crippen LogP contribution < -0.4 is 0 Å². The first kappa shape index (κ1) is 10.4. The summed E-state index contributed by atoms with van der Waals surface area (Å²) in [7, 11) is 0. The number of carbonyl (C=O) groups excluding carboxylic acids is 1. The van der Waals surface area contributed by atoms with Gasteiger partial charge in [-0.2, -0.15) is 0 Å². The maximum atomic E-state index is 11.6. The van der Waals surface area contributed by atoms with Gasteiger partial charge in [-0.05, 0) is 17.9 Å². The zero-order chi connectivity index (χ0) is 10.7. The van der Waals surface area contributed by atoms with Crippen molar-refractivity contribution < 1.29 is 4.79 Å². The molecule has 1 aromatic heterocycles. The first-order valence-electron chi connectivity index (χ1n) is 5.22. The van der Waals surface area contributed by atoms with E-state index >= 15 is 0 Å². The van der Waals surface area contributed by atoms with Gasteiger partial charge < -0.3 is 4.90 Å². The maximum Gasteiger partial charge on any atom is 0.223 e. The van der Waals surface area contributed by atoms with Crippen molar-refractivity contribution in [1.82, 2.24) is 4.90 Å². The van der Waals surface area contributed by atoms with Gasteiger partial charge in [0.2, 0.25) is 5.91 Å². The van der Waals surface area contributed by atoms with Crippen LogP contribution in [0.15, 0.2) is 30.2 Å². The molecule has 1 atom stereocenters. The number of hydrogen-bond donors (Lipinski definition) is 0. The van der Waals surface area contributed by atoms with Gasteiger partial charge in [-0.1, -0.05) is 12.1 Å². The molecule has 0 bridgehead atoms. The molecule has 0 radical (unpaired) electrons. The zero-order valence-corrected chi connectivity index (χ0v) is 9.50. The molecule has 0 aromatic carbocycles. The Labute approximate surface area is 94.2 Å². The molecule has 3 heteroatoms. The average Bonchev–Trinajstić information content (AvgIpc) is 2.84. The van der Waals surface area contributed by atoms with Crippen LogP contribution in [-0.2, 0) is 11.2 Å². The lowest BCUT2D eigenvalue weighted by Crippen LogP contribution is -2.27. The number of likely N-dealkylation sites (tertiary alicyclic amines) is 1. The van der Waals surface area contributed by atoms with E-state index in [9.17, 15) is 4.79 Å². The number of rotatable bonds is 4. The summed E-state index contributed by atoms with van der Waals surface area (Å²) in [6.07, 6.45) is 3.52. The highest BCUT2D eigenvalue weighted by atomic mass is 32.1. The standard InChI is InChI=1S/C12H15NOS/c1-2-10-8-12(14)13(9-10)6-5-11-4-3-7-15-11/h2-4,7,10H,1,5-6,8-9H2. The van der Waals surface area contributed by atoms with E-state index in [4.69, 9.17) is 0 Å². The number of hydrogen-bond acceptors (Lipinski definition) is 2. The van der Waals surface area contributed by atoms with Crippen molar-refractivity contribution in [2.24, 2.45) is 5.92 Å². The molecule has 2 rings (SSSR count). The molecule has 80 valence electrons. The Morgan fingerprint density at radius 2 is 2.53 bits per heavy atom. The first-order chi connectivity index (χ1) is 7.29. The maximum absolute atomic E-state index is 11.6. The van der Waals surface area contributed by atoms with Gasteiger partial charge in [0.25, 0.3) is 0 Å². The lowest BCUT2D eigenvalue weighted by atomic mass is 10.1. The molecular formula is C12H15NOS. The summed E-state index contributed by atoms with van der Waals surface area (Å²) in [4.78, 5) is 14.9. The Hall–Kier alpha value is -1.09. The summed E-state index contributed by atoms with van der Waals surface area (Å²) in [5, 5.41) is 2.08. The van der Waals surface area contributed by atoms with Gasteiger partial charge in [0.1, 0.15) is 0 Å². The van der Waals surface area contributed by atoms with Crippen LogP contribution in [0.1, 0.15) is 11.3 Å². The molecule has 0 saturated carbocycles. The Kier molecular flexibility index (Phi) is 3.21. The second kappa shape index (κ2) is 4.62. The molecule has 1 aromatic rings. The smallest absolute Gasteiger partial charge is 0.223 e. The number of nitrogens with zero attached hydrogens (tertiary/aromatic N) is 1. The van der Waals surface area contributed by atoms with Crippen LogP contribution in [0, 0.1) is 5.92 Å². The second-order valence-electron chi connectivity index (χ2n) is 3.87. The average molecular weight is 221 g/mol. The fourth-order valence-corrected chi connectivity index (χ4v) is 2.57. The van der Waals surface area contributed by atoms with Crippen molar-refractivity contribution in [2.75, 3.05) is 13.1 Å². The molecule has 1 aliphatic heterocycles. The minimum atomic E-state index is 0.274. The second-order valence-corrected chi connectivity index (χ2v) is 4.90. The first-order valence-corrected chi connectivity index (χ1v) is 6.10. The molecule has 0 aliphatic carbocycles. The van der Waals surface area contributed by atoms with E-state index in [1.54, 1.807) is 11.3 Å². The van der Waals surface area contributed by atoms with Crippen LogP contribution in [0.25, 0.3) is 0 Å². The van der Waals surface area contributed by atoms with Gasteiger partial charge in [-0.15, -0.1) is 17.9 Å². The van der Waals surface area contributed by atoms with Crippen LogP contribution in [-0.4, -0.2) is 23.9 Å². The lowest BCUT2D eigenvalue weighted by Gasteiger charge is -2.15. The van der Waals surface area contributed by atoms with Gasteiger partial charge in [-0.3, -0.25) is 4.79 Å². The Morgan fingerprint density at radius 3 is 3.13 bits per heavy atom. The highest BCUT2D eigenvalue weighted by molar-refractivity contribution is 7.09. The van der Waals surface area contributed by atoms with Crippen molar-refractivity contribution in [3.05, 3.63) is 35.0 Å². The largest absolute Gasteiger partial charge is 0.342 e. The summed E-state index contributed by atoms with van der Waals surface area (Å²) in [5.41, 5.74) is 0. The quantitative estimate of drug-likeness (QED) is 0.715. The summed E-state index contributed by atoms with van der Waals surface area (Å²) < 4.78 is 0. The molecule has 15 heavy (non-hydrogen) atoms. The predicted molar refractivity (Wildman–Crippen MR) is 62.9 cm³/mol. The van der Waals surface area contributed by atoms with E-state index in [2.05, 4.69) is 24.1 Å². The van der Waals surface area contributed by atoms with E-state index in [0.29, 0.717) is 12.3 Å². The van der Waals surface area contributed by atoms with Crippen molar-refractivity contribution in [3.63, 3.8) is 0 Å². The molecular weight excluding hydrogens is 206 g/mol. The summed E-state index contributed by atoms with van der Waals surface area (Å²) >= 11 is 1.76. The van der Waals surface area contributed by atoms with E-state index < -0.39 is 0 Å². The normalized spacial score (nSPS) is 20.9. The SMILES string of the molecule is C=CC1CC(=O)N(CCc2cccs2)C1. The van der Waals surface area contributed by atoms with E-state index in [0.717, 1.165) is 19.5 Å². The lowest BCUT2D eigenvalue weighted by molar-refractivity contribution is -0.127. The fraction of sp³-hybridized carbons (Fsp3) is 0.417. The van der Waals surface area contributed by atoms with Gasteiger partial charge >= 0.3 is 0 Å². The van der Waals surface area contributed by atoms with E-state index in [1.165, 1.54) is 4.88 Å². The Morgan fingerprint density at radius 1 is 1.67 bits per heavy atom. The van der Waals surface area contributed by atoms with Crippen molar-refractivity contribution in [1.29, 1.82) is 0 Å². The van der Waals surface area contributed by atoms with Gasteiger partial charge in [0, 0.05) is 30.3 Å². The van der Waals surface area contributed by atoms with Crippen LogP contribution in [0.4, 0.5) is 0 Å². The number of thiophene rings is 1. The Balaban J connectivity index is 1.85. The van der Waals surface area contributed by atoms with Crippen molar-refractivity contribution in [3.8, 4) is 0 Å². The molecule has 1 amide bonds. The zero-order valence-electron chi connectivity index (χ0n) is 8.69. The van der Waals surface area contributed by atoms with Crippen molar-refractivity contribution in [2.45, 2.75) is 12.8 Å². The molecule has 2 heterocycles.